The van der Waals surface area contributed by atoms with Crippen LogP contribution < -0.4 is 0 Å². The number of rotatable bonds is 0. The van der Waals surface area contributed by atoms with Crippen molar-refractivity contribution in [2.24, 2.45) is 0 Å². The average Bonchev–Trinajstić information content (AvgIpc) is 2.12. The van der Waals surface area contributed by atoms with Crippen molar-refractivity contribution in [1.29, 1.82) is 0 Å². The second-order valence-electron chi connectivity index (χ2n) is 3.14. The number of aryl methyl sites for hydroxylation is 1. The first-order valence-corrected chi connectivity index (χ1v) is 5.24. The molecule has 1 heterocycles. The van der Waals surface area contributed by atoms with E-state index in [4.69, 9.17) is 0 Å². The van der Waals surface area contributed by atoms with Gasteiger partial charge in [-0.3, -0.25) is 4.79 Å². The molecule has 1 aromatic carbocycles. The average molecular weight is 196 g/mol. The summed E-state index contributed by atoms with van der Waals surface area (Å²) in [7, 11) is 0. The lowest BCUT2D eigenvalue weighted by molar-refractivity contribution is 0.102. The third-order valence-electron chi connectivity index (χ3n) is 2.22. The smallest absolute Gasteiger partial charge is 0.173 e. The molecule has 3 heteroatoms. The molecule has 68 valence electrons. The number of carbonyl (C=O) groups excluding carboxylic acids is 1. The number of carbonyl (C=O) groups is 1. The molecule has 0 aromatic heterocycles. The molecule has 0 N–H and O–H groups in total. The number of benzene rings is 1. The molecule has 0 spiro atoms. The molecule has 0 unspecified atom stereocenters. The second-order valence-corrected chi connectivity index (χ2v) is 4.12. The Kier molecular flexibility index (Phi) is 2.12. The quantitative estimate of drug-likeness (QED) is 0.634. The van der Waals surface area contributed by atoms with Crippen molar-refractivity contribution in [3.8, 4) is 0 Å². The zero-order chi connectivity index (χ0) is 9.42. The van der Waals surface area contributed by atoms with Crippen molar-refractivity contribution in [1.82, 2.24) is 0 Å². The van der Waals surface area contributed by atoms with Gasteiger partial charge in [-0.25, -0.2) is 4.39 Å². The number of hydrogen-bond acceptors (Lipinski definition) is 2. The zero-order valence-corrected chi connectivity index (χ0v) is 8.08. The summed E-state index contributed by atoms with van der Waals surface area (Å²) in [6.45, 7) is 1.72. The summed E-state index contributed by atoms with van der Waals surface area (Å²) < 4.78 is 13.5. The van der Waals surface area contributed by atoms with Crippen LogP contribution in [0, 0.1) is 12.7 Å². The Bertz CT molecular complexity index is 373. The SMILES string of the molecule is Cc1ccc2c(c1F)CSCC2=O. The molecule has 0 fully saturated rings. The van der Waals surface area contributed by atoms with Gasteiger partial charge in [-0.05, 0) is 12.5 Å². The Balaban J connectivity index is 2.63. The molecule has 0 saturated heterocycles. The fourth-order valence-electron chi connectivity index (χ4n) is 1.46. The zero-order valence-electron chi connectivity index (χ0n) is 7.26. The second kappa shape index (κ2) is 3.14. The minimum absolute atomic E-state index is 0.0464. The van der Waals surface area contributed by atoms with Crippen LogP contribution in [0.2, 0.25) is 0 Å². The van der Waals surface area contributed by atoms with E-state index in [2.05, 4.69) is 0 Å². The maximum Gasteiger partial charge on any atom is 0.173 e. The van der Waals surface area contributed by atoms with Crippen molar-refractivity contribution in [2.75, 3.05) is 5.75 Å². The Hall–Kier alpha value is -0.830. The van der Waals surface area contributed by atoms with Crippen LogP contribution in [-0.2, 0) is 5.75 Å². The van der Waals surface area contributed by atoms with Crippen LogP contribution in [0.5, 0.6) is 0 Å². The fraction of sp³-hybridized carbons (Fsp3) is 0.300. The van der Waals surface area contributed by atoms with Crippen LogP contribution in [0.1, 0.15) is 21.5 Å². The maximum atomic E-state index is 13.5. The van der Waals surface area contributed by atoms with E-state index in [0.717, 1.165) is 0 Å². The molecule has 13 heavy (non-hydrogen) atoms. The Labute approximate surface area is 80.3 Å². The van der Waals surface area contributed by atoms with Crippen LogP contribution >= 0.6 is 11.8 Å². The molecular weight excluding hydrogens is 187 g/mol. The molecule has 1 aromatic rings. The van der Waals surface area contributed by atoms with Crippen LogP contribution in [0.25, 0.3) is 0 Å². The van der Waals surface area contributed by atoms with Crippen molar-refractivity contribution >= 4 is 17.5 Å². The standard InChI is InChI=1S/C10H9FOS/c1-6-2-3-7-8(10(6)11)4-13-5-9(7)12/h2-3H,4-5H2,1H3. The molecule has 2 rings (SSSR count). The highest BCUT2D eigenvalue weighted by atomic mass is 32.2. The highest BCUT2D eigenvalue weighted by Gasteiger charge is 2.21. The third-order valence-corrected chi connectivity index (χ3v) is 3.18. The summed E-state index contributed by atoms with van der Waals surface area (Å²) in [4.78, 5) is 11.4. The van der Waals surface area contributed by atoms with E-state index in [1.807, 2.05) is 0 Å². The topological polar surface area (TPSA) is 17.1 Å². The minimum Gasteiger partial charge on any atom is -0.293 e. The van der Waals surface area contributed by atoms with Crippen LogP contribution in [-0.4, -0.2) is 11.5 Å². The summed E-state index contributed by atoms with van der Waals surface area (Å²) >= 11 is 1.48. The van der Waals surface area contributed by atoms with Gasteiger partial charge in [0.15, 0.2) is 5.78 Å². The van der Waals surface area contributed by atoms with E-state index < -0.39 is 0 Å². The van der Waals surface area contributed by atoms with E-state index in [1.165, 1.54) is 11.8 Å². The number of thioether (sulfide) groups is 1. The summed E-state index contributed by atoms with van der Waals surface area (Å²) in [6, 6.07) is 3.40. The van der Waals surface area contributed by atoms with Gasteiger partial charge in [0.05, 0.1) is 5.75 Å². The highest BCUT2D eigenvalue weighted by molar-refractivity contribution is 7.99. The number of fused-ring (bicyclic) bond motifs is 1. The van der Waals surface area contributed by atoms with Gasteiger partial charge < -0.3 is 0 Å². The first-order chi connectivity index (χ1) is 6.20. The first-order valence-electron chi connectivity index (χ1n) is 4.09. The van der Waals surface area contributed by atoms with E-state index >= 15 is 0 Å². The van der Waals surface area contributed by atoms with Gasteiger partial charge in [0.2, 0.25) is 0 Å². The van der Waals surface area contributed by atoms with E-state index in [9.17, 15) is 9.18 Å². The van der Waals surface area contributed by atoms with E-state index in [-0.39, 0.29) is 11.6 Å². The number of Topliss-reactive ketones (excluding diaryl/α,β-unsaturated/α-hetero) is 1. The Morgan fingerprint density at radius 2 is 2.15 bits per heavy atom. The van der Waals surface area contributed by atoms with Crippen molar-refractivity contribution < 1.29 is 9.18 Å². The number of hydrogen-bond donors (Lipinski definition) is 0. The summed E-state index contributed by atoms with van der Waals surface area (Å²) in [5.41, 5.74) is 1.78. The minimum atomic E-state index is -0.210. The highest BCUT2D eigenvalue weighted by Crippen LogP contribution is 2.28. The molecule has 0 atom stereocenters. The molecule has 1 aliphatic rings. The molecule has 1 nitrogen and oxygen atoms in total. The Morgan fingerprint density at radius 3 is 2.92 bits per heavy atom. The van der Waals surface area contributed by atoms with Gasteiger partial charge in [0.1, 0.15) is 5.82 Å². The van der Waals surface area contributed by atoms with Gasteiger partial charge in [-0.1, -0.05) is 12.1 Å². The molecule has 1 aliphatic heterocycles. The van der Waals surface area contributed by atoms with Gasteiger partial charge in [-0.15, -0.1) is 11.8 Å². The van der Waals surface area contributed by atoms with Gasteiger partial charge in [0.25, 0.3) is 0 Å². The summed E-state index contributed by atoms with van der Waals surface area (Å²) in [5, 5.41) is 0. The van der Waals surface area contributed by atoms with Crippen molar-refractivity contribution in [2.45, 2.75) is 12.7 Å². The Morgan fingerprint density at radius 1 is 1.38 bits per heavy atom. The predicted molar refractivity (Wildman–Crippen MR) is 51.6 cm³/mol. The molecule has 0 radical (unpaired) electrons. The van der Waals surface area contributed by atoms with E-state index in [0.29, 0.717) is 28.2 Å². The summed E-state index contributed by atoms with van der Waals surface area (Å²) in [5.74, 6) is 0.938. The van der Waals surface area contributed by atoms with Crippen molar-refractivity contribution in [3.05, 3.63) is 34.6 Å². The molecule has 0 aliphatic carbocycles. The van der Waals surface area contributed by atoms with Gasteiger partial charge in [0, 0.05) is 16.9 Å². The summed E-state index contributed by atoms with van der Waals surface area (Å²) in [6.07, 6.45) is 0. The lowest BCUT2D eigenvalue weighted by atomic mass is 10.0. The molecule has 0 bridgehead atoms. The maximum absolute atomic E-state index is 13.5. The normalized spacial score (nSPS) is 15.7. The monoisotopic (exact) mass is 196 g/mol. The number of halogens is 1. The predicted octanol–water partition coefficient (Wildman–Crippen LogP) is 2.56. The molecule has 0 saturated carbocycles. The van der Waals surface area contributed by atoms with Crippen LogP contribution in [0.4, 0.5) is 4.39 Å². The molecule has 0 amide bonds. The largest absolute Gasteiger partial charge is 0.293 e. The van der Waals surface area contributed by atoms with Crippen molar-refractivity contribution in [3.63, 3.8) is 0 Å². The van der Waals surface area contributed by atoms with E-state index in [1.54, 1.807) is 19.1 Å². The van der Waals surface area contributed by atoms with Crippen LogP contribution in [0.3, 0.4) is 0 Å². The fourth-order valence-corrected chi connectivity index (χ4v) is 2.39. The first kappa shape index (κ1) is 8.75. The lowest BCUT2D eigenvalue weighted by Gasteiger charge is -2.15. The number of ketones is 1. The van der Waals surface area contributed by atoms with Gasteiger partial charge >= 0.3 is 0 Å². The lowest BCUT2D eigenvalue weighted by Crippen LogP contribution is -2.13. The third kappa shape index (κ3) is 1.37. The molecular formula is C10H9FOS. The van der Waals surface area contributed by atoms with Crippen LogP contribution in [0.15, 0.2) is 12.1 Å². The van der Waals surface area contributed by atoms with Gasteiger partial charge in [-0.2, -0.15) is 0 Å².